The van der Waals surface area contributed by atoms with Crippen LogP contribution in [-0.4, -0.2) is 16.8 Å². The third-order valence-corrected chi connectivity index (χ3v) is 4.42. The van der Waals surface area contributed by atoms with Gasteiger partial charge in [-0.2, -0.15) is 0 Å². The number of halogens is 1. The molecular weight excluding hydrogens is 386 g/mol. The number of nitrogens with one attached hydrogen (secondary N) is 4. The van der Waals surface area contributed by atoms with Gasteiger partial charge in [-0.1, -0.05) is 58.4 Å². The van der Waals surface area contributed by atoms with Crippen LogP contribution in [0.4, 0.5) is 5.13 Å². The number of hydrogen-bond donors (Lipinski definition) is 4. The summed E-state index contributed by atoms with van der Waals surface area (Å²) in [7, 11) is 0. The molecule has 7 heteroatoms. The van der Waals surface area contributed by atoms with E-state index in [1.165, 1.54) is 11.3 Å². The van der Waals surface area contributed by atoms with Crippen LogP contribution in [0.3, 0.4) is 0 Å². The van der Waals surface area contributed by atoms with Gasteiger partial charge in [0.25, 0.3) is 0 Å². The van der Waals surface area contributed by atoms with Crippen LogP contribution in [0, 0.1) is 10.8 Å². The minimum atomic E-state index is 0.00828. The first-order valence-corrected chi connectivity index (χ1v) is 8.77. The molecule has 0 atom stereocenters. The molecule has 1 heterocycles. The average Bonchev–Trinajstić information content (AvgIpc) is 3.04. The van der Waals surface area contributed by atoms with E-state index in [0.29, 0.717) is 10.7 Å². The van der Waals surface area contributed by atoms with E-state index in [0.717, 1.165) is 15.7 Å². The van der Waals surface area contributed by atoms with Gasteiger partial charge in [-0.15, -0.1) is 11.3 Å². The van der Waals surface area contributed by atoms with Gasteiger partial charge >= 0.3 is 0 Å². The molecule has 0 aliphatic rings. The summed E-state index contributed by atoms with van der Waals surface area (Å²) in [5, 5.41) is 24.1. The summed E-state index contributed by atoms with van der Waals surface area (Å²) >= 11 is 4.79. The minimum Gasteiger partial charge on any atom is -0.311 e. The van der Waals surface area contributed by atoms with E-state index in [4.69, 9.17) is 10.8 Å². The Bertz CT molecular complexity index is 875. The summed E-state index contributed by atoms with van der Waals surface area (Å²) in [6.45, 7) is 0. The molecule has 0 bridgehead atoms. The van der Waals surface area contributed by atoms with E-state index in [9.17, 15) is 0 Å². The Labute approximate surface area is 151 Å². The molecule has 1 aromatic heterocycles. The molecule has 5 nitrogen and oxygen atoms in total. The smallest absolute Gasteiger partial charge is 0.200 e. The molecule has 120 valence electrons. The Hall–Kier alpha value is -2.51. The lowest BCUT2D eigenvalue weighted by Crippen LogP contribution is -2.35. The van der Waals surface area contributed by atoms with Gasteiger partial charge in [-0.3, -0.25) is 10.8 Å². The van der Waals surface area contributed by atoms with Crippen LogP contribution in [0.15, 0.2) is 64.5 Å². The molecular formula is C17H14BrN5S. The van der Waals surface area contributed by atoms with E-state index >= 15 is 0 Å². The quantitative estimate of drug-likeness (QED) is 0.385. The maximum Gasteiger partial charge on any atom is 0.200 e. The largest absolute Gasteiger partial charge is 0.311 e. The molecule has 3 aromatic rings. The average molecular weight is 400 g/mol. The van der Waals surface area contributed by atoms with E-state index in [1.807, 2.05) is 60.0 Å². The van der Waals surface area contributed by atoms with E-state index < -0.39 is 0 Å². The van der Waals surface area contributed by atoms with Crippen LogP contribution >= 0.6 is 27.3 Å². The van der Waals surface area contributed by atoms with Gasteiger partial charge in [0.2, 0.25) is 0 Å². The normalized spacial score (nSPS) is 10.2. The molecule has 0 amide bonds. The molecule has 0 saturated heterocycles. The molecule has 24 heavy (non-hydrogen) atoms. The van der Waals surface area contributed by atoms with Crippen LogP contribution in [0.25, 0.3) is 11.3 Å². The first-order chi connectivity index (χ1) is 11.6. The number of nitrogens with zero attached hydrogens (tertiary/aromatic N) is 1. The Balaban J connectivity index is 1.63. The van der Waals surface area contributed by atoms with E-state index in [-0.39, 0.29) is 11.8 Å². The lowest BCUT2D eigenvalue weighted by molar-refractivity contribution is 1.22. The van der Waals surface area contributed by atoms with Gasteiger partial charge in [0, 0.05) is 21.0 Å². The molecule has 0 unspecified atom stereocenters. The Morgan fingerprint density at radius 3 is 2.58 bits per heavy atom. The van der Waals surface area contributed by atoms with Crippen molar-refractivity contribution in [1.82, 2.24) is 10.3 Å². The first kappa shape index (κ1) is 16.4. The summed E-state index contributed by atoms with van der Waals surface area (Å²) in [6.07, 6.45) is 0. The molecule has 0 fully saturated rings. The van der Waals surface area contributed by atoms with Gasteiger partial charge < -0.3 is 10.6 Å². The highest BCUT2D eigenvalue weighted by atomic mass is 79.9. The molecule has 2 aromatic carbocycles. The Kier molecular flexibility index (Phi) is 5.02. The van der Waals surface area contributed by atoms with Crippen LogP contribution in [0.2, 0.25) is 0 Å². The standard InChI is InChI=1S/C17H14BrN5S/c18-13-8-4-7-12(9-13)15(19)22-16(20)23-17-21-14(10-24-17)11-5-2-1-3-6-11/h1-10H,(H4,19,20,21,22,23). The monoisotopic (exact) mass is 399 g/mol. The fraction of sp³-hybridized carbons (Fsp3) is 0. The molecule has 0 aliphatic heterocycles. The SMILES string of the molecule is N=C(NC(=N)c1cccc(Br)c1)Nc1nc(-c2ccccc2)cs1. The summed E-state index contributed by atoms with van der Waals surface area (Å²) in [5.74, 6) is 0.155. The van der Waals surface area contributed by atoms with Crippen molar-refractivity contribution in [3.05, 3.63) is 70.0 Å². The van der Waals surface area contributed by atoms with Gasteiger partial charge in [0.15, 0.2) is 11.1 Å². The Morgan fingerprint density at radius 2 is 1.83 bits per heavy atom. The number of guanidine groups is 1. The summed E-state index contributed by atoms with van der Waals surface area (Å²) in [6, 6.07) is 17.2. The van der Waals surface area contributed by atoms with E-state index in [2.05, 4.69) is 31.5 Å². The number of anilines is 1. The third-order valence-electron chi connectivity index (χ3n) is 3.17. The predicted molar refractivity (Wildman–Crippen MR) is 103 cm³/mol. The van der Waals surface area contributed by atoms with Crippen molar-refractivity contribution in [1.29, 1.82) is 10.8 Å². The number of rotatable bonds is 3. The number of hydrogen-bond acceptors (Lipinski definition) is 4. The van der Waals surface area contributed by atoms with Gasteiger partial charge in [0.1, 0.15) is 5.84 Å². The van der Waals surface area contributed by atoms with Gasteiger partial charge in [-0.05, 0) is 12.1 Å². The fourth-order valence-electron chi connectivity index (χ4n) is 2.05. The van der Waals surface area contributed by atoms with Crippen molar-refractivity contribution >= 4 is 44.2 Å². The highest BCUT2D eigenvalue weighted by Gasteiger charge is 2.08. The highest BCUT2D eigenvalue weighted by molar-refractivity contribution is 9.10. The predicted octanol–water partition coefficient (Wildman–Crippen LogP) is 4.53. The molecule has 0 spiro atoms. The number of thiazole rings is 1. The fourth-order valence-corrected chi connectivity index (χ4v) is 3.18. The molecule has 0 radical (unpaired) electrons. The van der Waals surface area contributed by atoms with Crippen LogP contribution in [0.5, 0.6) is 0 Å². The Morgan fingerprint density at radius 1 is 1.04 bits per heavy atom. The number of benzene rings is 2. The zero-order valence-electron chi connectivity index (χ0n) is 12.5. The van der Waals surface area contributed by atoms with Crippen molar-refractivity contribution in [2.24, 2.45) is 0 Å². The lowest BCUT2D eigenvalue weighted by atomic mass is 10.2. The highest BCUT2D eigenvalue weighted by Crippen LogP contribution is 2.24. The van der Waals surface area contributed by atoms with Crippen molar-refractivity contribution in [2.75, 3.05) is 5.32 Å². The van der Waals surface area contributed by atoms with Gasteiger partial charge in [-0.25, -0.2) is 4.98 Å². The van der Waals surface area contributed by atoms with Crippen molar-refractivity contribution in [3.8, 4) is 11.3 Å². The van der Waals surface area contributed by atoms with Crippen molar-refractivity contribution in [3.63, 3.8) is 0 Å². The maximum atomic E-state index is 8.03. The van der Waals surface area contributed by atoms with Crippen molar-refractivity contribution < 1.29 is 0 Å². The first-order valence-electron chi connectivity index (χ1n) is 7.10. The molecule has 3 rings (SSSR count). The number of amidine groups is 1. The zero-order chi connectivity index (χ0) is 16.9. The molecule has 0 saturated carbocycles. The van der Waals surface area contributed by atoms with Crippen LogP contribution in [0.1, 0.15) is 5.56 Å². The van der Waals surface area contributed by atoms with Crippen molar-refractivity contribution in [2.45, 2.75) is 0 Å². The zero-order valence-corrected chi connectivity index (χ0v) is 14.9. The lowest BCUT2D eigenvalue weighted by Gasteiger charge is -2.09. The topological polar surface area (TPSA) is 84.7 Å². The van der Waals surface area contributed by atoms with E-state index in [1.54, 1.807) is 0 Å². The third kappa shape index (κ3) is 4.06. The minimum absolute atomic E-state index is 0.00828. The second kappa shape index (κ2) is 7.37. The molecule has 4 N–H and O–H groups in total. The molecule has 0 aliphatic carbocycles. The van der Waals surface area contributed by atoms with Crippen LogP contribution < -0.4 is 10.6 Å². The second-order valence-electron chi connectivity index (χ2n) is 4.91. The van der Waals surface area contributed by atoms with Gasteiger partial charge in [0.05, 0.1) is 5.69 Å². The second-order valence-corrected chi connectivity index (χ2v) is 6.69. The van der Waals surface area contributed by atoms with Crippen LogP contribution in [-0.2, 0) is 0 Å². The summed E-state index contributed by atoms with van der Waals surface area (Å²) < 4.78 is 0.887. The maximum absolute atomic E-state index is 8.03. The summed E-state index contributed by atoms with van der Waals surface area (Å²) in [5.41, 5.74) is 2.58. The summed E-state index contributed by atoms with van der Waals surface area (Å²) in [4.78, 5) is 4.46. The number of aromatic nitrogens is 1.